The molecule has 21 heavy (non-hydrogen) atoms. The number of hydrogen-bond donors (Lipinski definition) is 1. The van der Waals surface area contributed by atoms with Crippen molar-refractivity contribution in [3.8, 4) is 11.5 Å². The normalized spacial score (nSPS) is 12.0. The molecule has 0 aliphatic heterocycles. The number of aliphatic hydroxyl groups is 1. The maximum Gasteiger partial charge on any atom is 0.119 e. The van der Waals surface area contributed by atoms with Crippen molar-refractivity contribution in [1.82, 2.24) is 0 Å². The van der Waals surface area contributed by atoms with Crippen LogP contribution in [-0.4, -0.2) is 18.3 Å². The van der Waals surface area contributed by atoms with E-state index >= 15 is 0 Å². The standard InChI is InChI=1S/C18H22O3/c1-3-12-20-16-8-10-17(11-9-16)21-13-18(19)15-6-4-14(2)5-7-15/h4-11,18-19H,3,12-13H2,1-2H3. The van der Waals surface area contributed by atoms with Crippen LogP contribution in [0.15, 0.2) is 48.5 Å². The Labute approximate surface area is 126 Å². The van der Waals surface area contributed by atoms with E-state index in [0.29, 0.717) is 6.61 Å². The van der Waals surface area contributed by atoms with Gasteiger partial charge in [0, 0.05) is 0 Å². The van der Waals surface area contributed by atoms with Gasteiger partial charge in [0.05, 0.1) is 6.61 Å². The highest BCUT2D eigenvalue weighted by molar-refractivity contribution is 5.31. The molecule has 3 nitrogen and oxygen atoms in total. The van der Waals surface area contributed by atoms with Crippen LogP contribution in [0.3, 0.4) is 0 Å². The fraction of sp³-hybridized carbons (Fsp3) is 0.333. The summed E-state index contributed by atoms with van der Waals surface area (Å²) in [6.07, 6.45) is 0.364. The smallest absolute Gasteiger partial charge is 0.119 e. The molecular weight excluding hydrogens is 264 g/mol. The van der Waals surface area contributed by atoms with E-state index < -0.39 is 6.10 Å². The van der Waals surface area contributed by atoms with Gasteiger partial charge in [-0.2, -0.15) is 0 Å². The average molecular weight is 286 g/mol. The molecule has 0 radical (unpaired) electrons. The summed E-state index contributed by atoms with van der Waals surface area (Å²) in [7, 11) is 0. The summed E-state index contributed by atoms with van der Waals surface area (Å²) in [5.41, 5.74) is 2.04. The van der Waals surface area contributed by atoms with Crippen LogP contribution in [0.25, 0.3) is 0 Å². The molecule has 2 rings (SSSR count). The van der Waals surface area contributed by atoms with Crippen molar-refractivity contribution in [1.29, 1.82) is 0 Å². The zero-order valence-corrected chi connectivity index (χ0v) is 12.6. The molecular formula is C18H22O3. The molecule has 0 bridgehead atoms. The second-order valence-corrected chi connectivity index (χ2v) is 5.06. The van der Waals surface area contributed by atoms with Gasteiger partial charge in [0.15, 0.2) is 0 Å². The Morgan fingerprint density at radius 3 is 2.05 bits per heavy atom. The Bertz CT molecular complexity index is 531. The Balaban J connectivity index is 1.86. The molecule has 0 fully saturated rings. The molecule has 2 aromatic rings. The summed E-state index contributed by atoms with van der Waals surface area (Å²) in [4.78, 5) is 0. The van der Waals surface area contributed by atoms with E-state index in [1.54, 1.807) is 0 Å². The summed E-state index contributed by atoms with van der Waals surface area (Å²) in [6, 6.07) is 15.3. The summed E-state index contributed by atoms with van der Waals surface area (Å²) in [5, 5.41) is 10.1. The van der Waals surface area contributed by atoms with Crippen molar-refractivity contribution in [2.45, 2.75) is 26.4 Å². The maximum absolute atomic E-state index is 10.1. The molecule has 112 valence electrons. The lowest BCUT2D eigenvalue weighted by molar-refractivity contribution is 0.108. The van der Waals surface area contributed by atoms with Crippen molar-refractivity contribution in [3.63, 3.8) is 0 Å². The highest BCUT2D eigenvalue weighted by atomic mass is 16.5. The predicted octanol–water partition coefficient (Wildman–Crippen LogP) is 3.90. The van der Waals surface area contributed by atoms with Gasteiger partial charge < -0.3 is 14.6 Å². The second kappa shape index (κ2) is 7.70. The van der Waals surface area contributed by atoms with Crippen molar-refractivity contribution in [2.24, 2.45) is 0 Å². The molecule has 0 saturated carbocycles. The van der Waals surface area contributed by atoms with Gasteiger partial charge in [-0.1, -0.05) is 36.8 Å². The van der Waals surface area contributed by atoms with Crippen LogP contribution in [0, 0.1) is 6.92 Å². The third-order valence-corrected chi connectivity index (χ3v) is 3.17. The lowest BCUT2D eigenvalue weighted by atomic mass is 10.1. The van der Waals surface area contributed by atoms with E-state index in [-0.39, 0.29) is 6.61 Å². The van der Waals surface area contributed by atoms with Crippen LogP contribution in [0.2, 0.25) is 0 Å². The van der Waals surface area contributed by atoms with Crippen LogP contribution < -0.4 is 9.47 Å². The van der Waals surface area contributed by atoms with E-state index in [0.717, 1.165) is 23.5 Å². The number of aryl methyl sites for hydroxylation is 1. The maximum atomic E-state index is 10.1. The Hall–Kier alpha value is -2.00. The molecule has 0 aliphatic rings. The topological polar surface area (TPSA) is 38.7 Å². The first-order valence-electron chi connectivity index (χ1n) is 7.29. The number of rotatable bonds is 7. The highest BCUT2D eigenvalue weighted by Crippen LogP contribution is 2.20. The molecule has 0 spiro atoms. The minimum absolute atomic E-state index is 0.234. The molecule has 0 aromatic heterocycles. The van der Waals surface area contributed by atoms with Crippen LogP contribution in [-0.2, 0) is 0 Å². The number of hydrogen-bond acceptors (Lipinski definition) is 3. The van der Waals surface area contributed by atoms with Gasteiger partial charge in [0.2, 0.25) is 0 Å². The van der Waals surface area contributed by atoms with E-state index in [9.17, 15) is 5.11 Å². The molecule has 3 heteroatoms. The molecule has 0 heterocycles. The fourth-order valence-corrected chi connectivity index (χ4v) is 1.91. The number of ether oxygens (including phenoxy) is 2. The van der Waals surface area contributed by atoms with Gasteiger partial charge in [-0.15, -0.1) is 0 Å². The van der Waals surface area contributed by atoms with Crippen LogP contribution in [0.4, 0.5) is 0 Å². The van der Waals surface area contributed by atoms with E-state index in [1.807, 2.05) is 55.5 Å². The minimum Gasteiger partial charge on any atom is -0.494 e. The van der Waals surface area contributed by atoms with Crippen molar-refractivity contribution in [2.75, 3.05) is 13.2 Å². The minimum atomic E-state index is -0.624. The first kappa shape index (κ1) is 15.4. The lowest BCUT2D eigenvalue weighted by Crippen LogP contribution is -2.09. The quantitative estimate of drug-likeness (QED) is 0.839. The predicted molar refractivity (Wildman–Crippen MR) is 83.9 cm³/mol. The lowest BCUT2D eigenvalue weighted by Gasteiger charge is -2.13. The Morgan fingerprint density at radius 1 is 0.905 bits per heavy atom. The van der Waals surface area contributed by atoms with Gasteiger partial charge in [-0.25, -0.2) is 0 Å². The van der Waals surface area contributed by atoms with Crippen molar-refractivity contribution < 1.29 is 14.6 Å². The summed E-state index contributed by atoms with van der Waals surface area (Å²) < 4.78 is 11.1. The average Bonchev–Trinajstić information content (AvgIpc) is 2.52. The Kier molecular flexibility index (Phi) is 5.64. The first-order chi connectivity index (χ1) is 10.2. The summed E-state index contributed by atoms with van der Waals surface area (Å²) in [6.45, 7) is 5.04. The van der Waals surface area contributed by atoms with E-state index in [4.69, 9.17) is 9.47 Å². The van der Waals surface area contributed by atoms with Gasteiger partial charge in [0.25, 0.3) is 0 Å². The van der Waals surface area contributed by atoms with Crippen LogP contribution >= 0.6 is 0 Å². The van der Waals surface area contributed by atoms with Gasteiger partial charge >= 0.3 is 0 Å². The zero-order chi connectivity index (χ0) is 15.1. The summed E-state index contributed by atoms with van der Waals surface area (Å²) >= 11 is 0. The zero-order valence-electron chi connectivity index (χ0n) is 12.6. The SMILES string of the molecule is CCCOc1ccc(OCC(O)c2ccc(C)cc2)cc1. The van der Waals surface area contributed by atoms with Gasteiger partial charge in [-0.3, -0.25) is 0 Å². The fourth-order valence-electron chi connectivity index (χ4n) is 1.91. The van der Waals surface area contributed by atoms with E-state index in [2.05, 4.69) is 6.92 Å². The van der Waals surface area contributed by atoms with Crippen molar-refractivity contribution >= 4 is 0 Å². The molecule has 0 amide bonds. The van der Waals surface area contributed by atoms with Crippen LogP contribution in [0.5, 0.6) is 11.5 Å². The molecule has 1 atom stereocenters. The van der Waals surface area contributed by atoms with Crippen LogP contribution in [0.1, 0.15) is 30.6 Å². The number of benzene rings is 2. The molecule has 2 aromatic carbocycles. The summed E-state index contributed by atoms with van der Waals surface area (Å²) in [5.74, 6) is 1.56. The molecule has 1 unspecified atom stereocenters. The third kappa shape index (κ3) is 4.80. The largest absolute Gasteiger partial charge is 0.494 e. The second-order valence-electron chi connectivity index (χ2n) is 5.06. The Morgan fingerprint density at radius 2 is 1.48 bits per heavy atom. The third-order valence-electron chi connectivity index (χ3n) is 3.17. The van der Waals surface area contributed by atoms with Gasteiger partial charge in [0.1, 0.15) is 24.2 Å². The van der Waals surface area contributed by atoms with E-state index in [1.165, 1.54) is 5.56 Å². The van der Waals surface area contributed by atoms with Crippen molar-refractivity contribution in [3.05, 3.63) is 59.7 Å². The molecule has 0 aliphatic carbocycles. The first-order valence-corrected chi connectivity index (χ1v) is 7.29. The van der Waals surface area contributed by atoms with Gasteiger partial charge in [-0.05, 0) is 43.2 Å². The highest BCUT2D eigenvalue weighted by Gasteiger charge is 2.08. The monoisotopic (exact) mass is 286 g/mol. The molecule has 1 N–H and O–H groups in total. The number of aliphatic hydroxyl groups excluding tert-OH is 1. The molecule has 0 saturated heterocycles.